The zero-order valence-corrected chi connectivity index (χ0v) is 10.5. The summed E-state index contributed by atoms with van der Waals surface area (Å²) < 4.78 is 5.71. The van der Waals surface area contributed by atoms with Gasteiger partial charge in [0, 0.05) is 6.07 Å². The normalized spacial score (nSPS) is 10.4. The van der Waals surface area contributed by atoms with Gasteiger partial charge in [0.2, 0.25) is 5.91 Å². The van der Waals surface area contributed by atoms with Crippen molar-refractivity contribution in [1.82, 2.24) is 9.71 Å². The Hall–Kier alpha value is -2.57. The molecule has 0 fully saturated rings. The first-order chi connectivity index (χ1) is 9.01. The molecule has 0 saturated carbocycles. The molecule has 19 heavy (non-hydrogen) atoms. The molecule has 2 rings (SSSR count). The number of methoxy groups -OCH3 is 1. The predicted molar refractivity (Wildman–Crippen MR) is 69.0 cm³/mol. The molecular formula is C12H12N3O4-. The van der Waals surface area contributed by atoms with Gasteiger partial charge >= 0.3 is 0 Å². The molecule has 1 heterocycles. The van der Waals surface area contributed by atoms with Gasteiger partial charge in [-0.25, -0.2) is 4.98 Å². The summed E-state index contributed by atoms with van der Waals surface area (Å²) in [6.07, 6.45) is 0.919. The maximum atomic E-state index is 11.6. The van der Waals surface area contributed by atoms with E-state index in [4.69, 9.17) is 4.74 Å². The quantitative estimate of drug-likeness (QED) is 0.838. The fraction of sp³-hybridized carbons (Fsp3) is 0.250. The summed E-state index contributed by atoms with van der Waals surface area (Å²) in [6.45, 7) is 1.33. The fourth-order valence-electron chi connectivity index (χ4n) is 1.70. The SMILES string of the molecule is COc1cc2c(cc1NC(=O)CC(C)=O)ncn2[O-]. The van der Waals surface area contributed by atoms with Gasteiger partial charge in [-0.15, -0.1) is 0 Å². The Morgan fingerprint density at radius 3 is 2.84 bits per heavy atom. The number of nitrogens with one attached hydrogen (secondary N) is 1. The van der Waals surface area contributed by atoms with E-state index in [2.05, 4.69) is 10.3 Å². The monoisotopic (exact) mass is 262 g/mol. The maximum Gasteiger partial charge on any atom is 0.231 e. The number of imidazole rings is 1. The number of carbonyl (C=O) groups is 2. The Morgan fingerprint density at radius 2 is 2.21 bits per heavy atom. The number of fused-ring (bicyclic) bond motifs is 1. The van der Waals surface area contributed by atoms with Crippen molar-refractivity contribution in [2.75, 3.05) is 12.4 Å². The molecule has 0 spiro atoms. The Balaban J connectivity index is 2.36. The lowest BCUT2D eigenvalue weighted by Gasteiger charge is -2.12. The molecule has 0 aliphatic rings. The first kappa shape index (κ1) is 12.9. The second kappa shape index (κ2) is 4.97. The van der Waals surface area contributed by atoms with Crippen molar-refractivity contribution >= 4 is 28.4 Å². The molecule has 0 radical (unpaired) electrons. The van der Waals surface area contributed by atoms with E-state index in [0.717, 1.165) is 6.33 Å². The number of hydrogen-bond donors (Lipinski definition) is 1. The third kappa shape index (κ3) is 2.65. The van der Waals surface area contributed by atoms with E-state index in [1.807, 2.05) is 0 Å². The van der Waals surface area contributed by atoms with E-state index in [-0.39, 0.29) is 12.2 Å². The van der Waals surface area contributed by atoms with Crippen LogP contribution in [0.3, 0.4) is 0 Å². The van der Waals surface area contributed by atoms with Gasteiger partial charge < -0.3 is 20.0 Å². The van der Waals surface area contributed by atoms with Gasteiger partial charge in [-0.2, -0.15) is 0 Å². The van der Waals surface area contributed by atoms with Gasteiger partial charge in [-0.1, -0.05) is 0 Å². The van der Waals surface area contributed by atoms with Crippen LogP contribution in [0.5, 0.6) is 5.75 Å². The summed E-state index contributed by atoms with van der Waals surface area (Å²) in [5.74, 6) is -0.338. The number of rotatable bonds is 4. The second-order valence-electron chi connectivity index (χ2n) is 4.04. The van der Waals surface area contributed by atoms with Gasteiger partial charge in [-0.05, 0) is 13.0 Å². The highest BCUT2D eigenvalue weighted by Gasteiger charge is 2.12. The zero-order chi connectivity index (χ0) is 14.0. The topological polar surface area (TPSA) is 96.3 Å². The Labute approximate surface area is 108 Å². The van der Waals surface area contributed by atoms with Crippen molar-refractivity contribution in [1.29, 1.82) is 0 Å². The predicted octanol–water partition coefficient (Wildman–Crippen LogP) is 1.31. The minimum absolute atomic E-state index is 0.211. The van der Waals surface area contributed by atoms with Crippen molar-refractivity contribution in [3.8, 4) is 5.75 Å². The number of amides is 1. The fourth-order valence-corrected chi connectivity index (χ4v) is 1.70. The van der Waals surface area contributed by atoms with Crippen molar-refractivity contribution in [3.05, 3.63) is 23.7 Å². The lowest BCUT2D eigenvalue weighted by atomic mass is 10.2. The molecule has 1 amide bonds. The third-order valence-corrected chi connectivity index (χ3v) is 2.52. The lowest BCUT2D eigenvalue weighted by molar-refractivity contribution is -0.124. The molecule has 1 aromatic heterocycles. The highest BCUT2D eigenvalue weighted by atomic mass is 16.5. The third-order valence-electron chi connectivity index (χ3n) is 2.52. The first-order valence-electron chi connectivity index (χ1n) is 5.53. The largest absolute Gasteiger partial charge is 0.805 e. The van der Waals surface area contributed by atoms with Gasteiger partial charge in [0.1, 0.15) is 11.5 Å². The number of ether oxygens (including phenoxy) is 1. The summed E-state index contributed by atoms with van der Waals surface area (Å²) in [7, 11) is 1.42. The number of aromatic nitrogens is 2. The second-order valence-corrected chi connectivity index (χ2v) is 4.04. The number of nitrogens with zero attached hydrogens (tertiary/aromatic N) is 2. The van der Waals surface area contributed by atoms with Crippen LogP contribution in [0, 0.1) is 5.21 Å². The Morgan fingerprint density at radius 1 is 1.47 bits per heavy atom. The van der Waals surface area contributed by atoms with E-state index in [9.17, 15) is 14.8 Å². The standard InChI is InChI=1S/C12H12N3O4/c1-7(16)3-12(17)14-9-4-8-10(5-11(9)19-2)15(18)6-13-8/h4-6H,3H2,1-2H3,(H,14,17)/q-1. The average Bonchev–Trinajstić information content (AvgIpc) is 2.68. The van der Waals surface area contributed by atoms with Gasteiger partial charge in [0.05, 0.1) is 36.6 Å². The summed E-state index contributed by atoms with van der Waals surface area (Å²) >= 11 is 0. The van der Waals surface area contributed by atoms with Crippen LogP contribution in [0.15, 0.2) is 18.5 Å². The highest BCUT2D eigenvalue weighted by molar-refractivity contribution is 6.05. The molecule has 0 bridgehead atoms. The van der Waals surface area contributed by atoms with E-state index in [1.54, 1.807) is 0 Å². The van der Waals surface area contributed by atoms with Crippen LogP contribution < -0.4 is 10.1 Å². The summed E-state index contributed by atoms with van der Waals surface area (Å²) in [6, 6.07) is 3.01. The number of Topliss-reactive ketones (excluding diaryl/α,β-unsaturated/α-hetero) is 1. The average molecular weight is 262 g/mol. The lowest BCUT2D eigenvalue weighted by Crippen LogP contribution is -2.15. The summed E-state index contributed by atoms with van der Waals surface area (Å²) in [5, 5.41) is 14.0. The number of ketones is 1. The van der Waals surface area contributed by atoms with Crippen LogP contribution in [-0.4, -0.2) is 28.5 Å². The van der Waals surface area contributed by atoms with Crippen molar-refractivity contribution in [2.24, 2.45) is 0 Å². The van der Waals surface area contributed by atoms with E-state index in [0.29, 0.717) is 27.2 Å². The molecule has 0 atom stereocenters. The van der Waals surface area contributed by atoms with Crippen LogP contribution in [-0.2, 0) is 9.59 Å². The minimum Gasteiger partial charge on any atom is -0.805 e. The molecule has 0 aliphatic carbocycles. The summed E-state index contributed by atoms with van der Waals surface area (Å²) in [4.78, 5) is 26.3. The molecule has 100 valence electrons. The molecule has 7 heteroatoms. The number of hydrogen-bond acceptors (Lipinski definition) is 5. The molecule has 0 saturated heterocycles. The van der Waals surface area contributed by atoms with E-state index in [1.165, 1.54) is 26.2 Å². The highest BCUT2D eigenvalue weighted by Crippen LogP contribution is 2.29. The molecule has 0 unspecified atom stereocenters. The first-order valence-corrected chi connectivity index (χ1v) is 5.53. The minimum atomic E-state index is -0.438. The smallest absolute Gasteiger partial charge is 0.231 e. The number of carbonyl (C=O) groups excluding carboxylic acids is 2. The van der Waals surface area contributed by atoms with E-state index >= 15 is 0 Å². The number of benzene rings is 1. The van der Waals surface area contributed by atoms with Crippen LogP contribution in [0.1, 0.15) is 13.3 Å². The number of anilines is 1. The molecule has 7 nitrogen and oxygen atoms in total. The van der Waals surface area contributed by atoms with Crippen LogP contribution in [0.4, 0.5) is 5.69 Å². The molecule has 0 aliphatic heterocycles. The van der Waals surface area contributed by atoms with Gasteiger partial charge in [0.15, 0.2) is 0 Å². The van der Waals surface area contributed by atoms with Gasteiger partial charge in [-0.3, -0.25) is 9.59 Å². The Bertz CT molecular complexity index is 648. The van der Waals surface area contributed by atoms with Crippen molar-refractivity contribution in [3.63, 3.8) is 0 Å². The maximum absolute atomic E-state index is 11.6. The van der Waals surface area contributed by atoms with Gasteiger partial charge in [0.25, 0.3) is 0 Å². The zero-order valence-electron chi connectivity index (χ0n) is 10.5. The van der Waals surface area contributed by atoms with Crippen molar-refractivity contribution in [2.45, 2.75) is 13.3 Å². The molecule has 2 aromatic rings. The molecular weight excluding hydrogens is 250 g/mol. The van der Waals surface area contributed by atoms with E-state index < -0.39 is 5.91 Å². The van der Waals surface area contributed by atoms with Crippen LogP contribution in [0.2, 0.25) is 0 Å². The van der Waals surface area contributed by atoms with Crippen molar-refractivity contribution < 1.29 is 14.3 Å². The summed E-state index contributed by atoms with van der Waals surface area (Å²) in [5.41, 5.74) is 1.16. The van der Waals surface area contributed by atoms with Crippen LogP contribution >= 0.6 is 0 Å². The Kier molecular flexibility index (Phi) is 3.37. The van der Waals surface area contributed by atoms with Crippen LogP contribution in [0.25, 0.3) is 11.0 Å². The molecule has 1 N–H and O–H groups in total. The molecule has 1 aromatic carbocycles.